The van der Waals surface area contributed by atoms with Gasteiger partial charge in [-0.1, -0.05) is 0 Å². The first kappa shape index (κ1) is 17.8. The van der Waals surface area contributed by atoms with E-state index in [1.54, 1.807) is 0 Å². The van der Waals surface area contributed by atoms with E-state index in [4.69, 9.17) is 0 Å². The number of anilines is 1. The van der Waals surface area contributed by atoms with E-state index in [-0.39, 0.29) is 17.8 Å². The molecule has 140 valence electrons. The molecule has 1 unspecified atom stereocenters. The van der Waals surface area contributed by atoms with E-state index >= 15 is 0 Å². The lowest BCUT2D eigenvalue weighted by atomic mass is 10.1. The molecule has 27 heavy (non-hydrogen) atoms. The summed E-state index contributed by atoms with van der Waals surface area (Å²) in [4.78, 5) is 19.3. The van der Waals surface area contributed by atoms with Crippen LogP contribution in [-0.2, 0) is 13.6 Å². The molecule has 3 aromatic rings. The third kappa shape index (κ3) is 3.91. The van der Waals surface area contributed by atoms with Gasteiger partial charge in [0.2, 0.25) is 0 Å². The van der Waals surface area contributed by atoms with Crippen molar-refractivity contribution in [3.8, 4) is 0 Å². The maximum atomic E-state index is 13.0. The van der Waals surface area contributed by atoms with Gasteiger partial charge in [-0.2, -0.15) is 5.10 Å². The highest BCUT2D eigenvalue weighted by Gasteiger charge is 2.28. The van der Waals surface area contributed by atoms with E-state index in [1.165, 1.54) is 41.3 Å². The second-order valence-corrected chi connectivity index (χ2v) is 7.47. The number of thiazole rings is 1. The highest BCUT2D eigenvalue weighted by Crippen LogP contribution is 2.34. The Hall–Kier alpha value is -2.58. The van der Waals surface area contributed by atoms with E-state index in [0.717, 1.165) is 31.6 Å². The minimum Gasteiger partial charge on any atom is -0.298 e. The summed E-state index contributed by atoms with van der Waals surface area (Å²) in [6, 6.07) is 7.75. The molecular formula is C19H20FN5OS. The number of aryl methyl sites for hydroxylation is 1. The highest BCUT2D eigenvalue weighted by molar-refractivity contribution is 7.14. The summed E-state index contributed by atoms with van der Waals surface area (Å²) in [7, 11) is 1.95. The van der Waals surface area contributed by atoms with Gasteiger partial charge in [0.15, 0.2) is 5.13 Å². The summed E-state index contributed by atoms with van der Waals surface area (Å²) in [6.07, 6.45) is 3.98. The SMILES string of the molecule is Cn1nccc1CN1CCCC1c1csc(NC(=O)c2ccc(F)cc2)n1. The lowest BCUT2D eigenvalue weighted by molar-refractivity contribution is 0.102. The fraction of sp³-hybridized carbons (Fsp3) is 0.316. The lowest BCUT2D eigenvalue weighted by Crippen LogP contribution is -2.24. The predicted molar refractivity (Wildman–Crippen MR) is 102 cm³/mol. The van der Waals surface area contributed by atoms with Gasteiger partial charge in [0.25, 0.3) is 5.91 Å². The molecule has 1 aliphatic heterocycles. The van der Waals surface area contributed by atoms with Gasteiger partial charge < -0.3 is 0 Å². The van der Waals surface area contributed by atoms with E-state index < -0.39 is 0 Å². The average molecular weight is 385 g/mol. The third-order valence-corrected chi connectivity index (χ3v) is 5.62. The summed E-state index contributed by atoms with van der Waals surface area (Å²) in [5.41, 5.74) is 2.56. The van der Waals surface area contributed by atoms with Gasteiger partial charge in [0.05, 0.1) is 17.4 Å². The zero-order valence-corrected chi connectivity index (χ0v) is 15.7. The van der Waals surface area contributed by atoms with Gasteiger partial charge in [-0.25, -0.2) is 9.37 Å². The van der Waals surface area contributed by atoms with Crippen LogP contribution in [0.15, 0.2) is 41.9 Å². The first-order valence-corrected chi connectivity index (χ1v) is 9.71. The Balaban J connectivity index is 1.44. The number of hydrogen-bond acceptors (Lipinski definition) is 5. The van der Waals surface area contributed by atoms with Gasteiger partial charge in [-0.3, -0.25) is 19.7 Å². The number of nitrogens with one attached hydrogen (secondary N) is 1. The molecule has 6 nitrogen and oxygen atoms in total. The molecule has 3 heterocycles. The van der Waals surface area contributed by atoms with Crippen LogP contribution in [0.4, 0.5) is 9.52 Å². The van der Waals surface area contributed by atoms with Crippen LogP contribution in [0.1, 0.15) is 40.6 Å². The quantitative estimate of drug-likeness (QED) is 0.729. The minimum atomic E-state index is -0.363. The van der Waals surface area contributed by atoms with Crippen molar-refractivity contribution in [3.63, 3.8) is 0 Å². The third-order valence-electron chi connectivity index (χ3n) is 4.84. The Labute approximate surface area is 160 Å². The molecule has 1 amide bonds. The van der Waals surface area contributed by atoms with E-state index in [1.807, 2.05) is 29.4 Å². The number of benzene rings is 1. The Morgan fingerprint density at radius 3 is 2.89 bits per heavy atom. The summed E-state index contributed by atoms with van der Waals surface area (Å²) >= 11 is 1.41. The molecule has 1 saturated heterocycles. The number of halogens is 1. The minimum absolute atomic E-state index is 0.243. The maximum Gasteiger partial charge on any atom is 0.257 e. The van der Waals surface area contributed by atoms with Crippen molar-refractivity contribution >= 4 is 22.4 Å². The fourth-order valence-corrected chi connectivity index (χ4v) is 4.13. The number of rotatable bonds is 5. The highest BCUT2D eigenvalue weighted by atomic mass is 32.1. The van der Waals surface area contributed by atoms with Crippen molar-refractivity contribution in [3.05, 3.63) is 64.7 Å². The standard InChI is InChI=1S/C19H20FN5OS/c1-24-15(8-9-21-24)11-25-10-2-3-17(25)16-12-27-19(22-16)23-18(26)13-4-6-14(20)7-5-13/h4-9,12,17H,2-3,10-11H2,1H3,(H,22,23,26). The normalized spacial score (nSPS) is 17.3. The van der Waals surface area contributed by atoms with Crippen molar-refractivity contribution in [2.75, 3.05) is 11.9 Å². The van der Waals surface area contributed by atoms with Crippen LogP contribution >= 0.6 is 11.3 Å². The Morgan fingerprint density at radius 1 is 1.33 bits per heavy atom. The van der Waals surface area contributed by atoms with E-state index in [9.17, 15) is 9.18 Å². The molecule has 0 saturated carbocycles. The molecule has 2 aromatic heterocycles. The lowest BCUT2D eigenvalue weighted by Gasteiger charge is -2.22. The Bertz CT molecular complexity index is 936. The van der Waals surface area contributed by atoms with E-state index in [2.05, 4.69) is 20.3 Å². The average Bonchev–Trinajstić information content (AvgIpc) is 3.38. The van der Waals surface area contributed by atoms with Crippen molar-refractivity contribution in [1.82, 2.24) is 19.7 Å². The van der Waals surface area contributed by atoms with Gasteiger partial charge in [0.1, 0.15) is 5.82 Å². The predicted octanol–water partition coefficient (Wildman–Crippen LogP) is 3.61. The summed E-state index contributed by atoms with van der Waals surface area (Å²) in [6.45, 7) is 1.85. The molecule has 1 atom stereocenters. The molecule has 1 aromatic carbocycles. The van der Waals surface area contributed by atoms with Gasteiger partial charge >= 0.3 is 0 Å². The van der Waals surface area contributed by atoms with Crippen LogP contribution in [0.25, 0.3) is 0 Å². The molecular weight excluding hydrogens is 365 g/mol. The first-order chi connectivity index (χ1) is 13.1. The number of hydrogen-bond donors (Lipinski definition) is 1. The molecule has 0 radical (unpaired) electrons. The molecule has 4 rings (SSSR count). The molecule has 1 N–H and O–H groups in total. The number of nitrogens with zero attached hydrogens (tertiary/aromatic N) is 4. The summed E-state index contributed by atoms with van der Waals surface area (Å²) < 4.78 is 14.9. The molecule has 1 fully saturated rings. The Morgan fingerprint density at radius 2 is 2.15 bits per heavy atom. The van der Waals surface area contributed by atoms with Crippen LogP contribution in [0.3, 0.4) is 0 Å². The van der Waals surface area contributed by atoms with Crippen LogP contribution in [-0.4, -0.2) is 32.1 Å². The van der Waals surface area contributed by atoms with Gasteiger partial charge in [0, 0.05) is 30.7 Å². The second kappa shape index (κ2) is 7.58. The molecule has 0 aliphatic carbocycles. The van der Waals surface area contributed by atoms with Crippen molar-refractivity contribution in [1.29, 1.82) is 0 Å². The van der Waals surface area contributed by atoms with Crippen LogP contribution in [0.2, 0.25) is 0 Å². The van der Waals surface area contributed by atoms with Gasteiger partial charge in [-0.15, -0.1) is 11.3 Å². The van der Waals surface area contributed by atoms with Crippen LogP contribution in [0, 0.1) is 5.82 Å². The van der Waals surface area contributed by atoms with Crippen molar-refractivity contribution in [2.45, 2.75) is 25.4 Å². The van der Waals surface area contributed by atoms with Crippen molar-refractivity contribution in [2.24, 2.45) is 7.05 Å². The maximum absolute atomic E-state index is 13.0. The van der Waals surface area contributed by atoms with Crippen LogP contribution < -0.4 is 5.32 Å². The van der Waals surface area contributed by atoms with Crippen molar-refractivity contribution < 1.29 is 9.18 Å². The number of aromatic nitrogens is 3. The summed E-state index contributed by atoms with van der Waals surface area (Å²) in [5, 5.41) is 9.61. The molecule has 8 heteroatoms. The summed E-state index contributed by atoms with van der Waals surface area (Å²) in [5.74, 6) is -0.646. The van der Waals surface area contributed by atoms with Gasteiger partial charge in [-0.05, 0) is 49.7 Å². The number of carbonyl (C=O) groups is 1. The topological polar surface area (TPSA) is 63.1 Å². The largest absolute Gasteiger partial charge is 0.298 e. The second-order valence-electron chi connectivity index (χ2n) is 6.61. The number of amides is 1. The molecule has 1 aliphatic rings. The fourth-order valence-electron chi connectivity index (χ4n) is 3.38. The monoisotopic (exact) mass is 385 g/mol. The Kier molecular flexibility index (Phi) is 5.00. The first-order valence-electron chi connectivity index (χ1n) is 8.83. The number of carbonyl (C=O) groups excluding carboxylic acids is 1. The smallest absolute Gasteiger partial charge is 0.257 e. The number of likely N-dealkylation sites (tertiary alicyclic amines) is 1. The molecule has 0 spiro atoms. The molecule has 0 bridgehead atoms. The van der Waals surface area contributed by atoms with E-state index in [0.29, 0.717) is 10.7 Å². The van der Waals surface area contributed by atoms with Crippen LogP contribution in [0.5, 0.6) is 0 Å². The zero-order valence-electron chi connectivity index (χ0n) is 14.9. The zero-order chi connectivity index (χ0) is 18.8.